The van der Waals surface area contributed by atoms with Gasteiger partial charge in [-0.25, -0.2) is 4.39 Å². The van der Waals surface area contributed by atoms with Gasteiger partial charge in [-0.15, -0.1) is 0 Å². The Balaban J connectivity index is 2.18. The van der Waals surface area contributed by atoms with Crippen molar-refractivity contribution < 1.29 is 19.0 Å². The molecule has 1 fully saturated rings. The highest BCUT2D eigenvalue weighted by Gasteiger charge is 2.21. The van der Waals surface area contributed by atoms with Gasteiger partial charge in [-0.3, -0.25) is 0 Å². The van der Waals surface area contributed by atoms with Crippen LogP contribution in [0.5, 0.6) is 0 Å². The predicted molar refractivity (Wildman–Crippen MR) is 51.8 cm³/mol. The summed E-state index contributed by atoms with van der Waals surface area (Å²) in [5.41, 5.74) is 1.20. The lowest BCUT2D eigenvalue weighted by molar-refractivity contribution is -0.0464. The Morgan fingerprint density at radius 2 is 2.07 bits per heavy atom. The fourth-order valence-corrected chi connectivity index (χ4v) is 1.58. The summed E-state index contributed by atoms with van der Waals surface area (Å²) in [6.07, 6.45) is -0.114. The molecular formula is C11H13FO3. The molecule has 3 nitrogen and oxygen atoms in total. The molecule has 0 bridgehead atoms. The molecule has 1 N–H and O–H groups in total. The molecule has 4 heteroatoms. The largest absolute Gasteiger partial charge is 0.396 e. The van der Waals surface area contributed by atoms with Crippen LogP contribution in [0.25, 0.3) is 0 Å². The van der Waals surface area contributed by atoms with Crippen molar-refractivity contribution in [1.29, 1.82) is 0 Å². The van der Waals surface area contributed by atoms with E-state index in [4.69, 9.17) is 14.6 Å². The highest BCUT2D eigenvalue weighted by atomic mass is 19.1. The quantitative estimate of drug-likeness (QED) is 0.823. The van der Waals surface area contributed by atoms with Gasteiger partial charge in [0, 0.05) is 12.2 Å². The van der Waals surface area contributed by atoms with Crippen molar-refractivity contribution in [1.82, 2.24) is 0 Å². The van der Waals surface area contributed by atoms with Crippen LogP contribution in [-0.4, -0.2) is 24.9 Å². The van der Waals surface area contributed by atoms with E-state index in [2.05, 4.69) is 0 Å². The fourth-order valence-electron chi connectivity index (χ4n) is 1.58. The normalized spacial score (nSPS) is 17.2. The van der Waals surface area contributed by atoms with Gasteiger partial charge < -0.3 is 14.6 Å². The molecule has 1 heterocycles. The third-order valence-corrected chi connectivity index (χ3v) is 2.34. The maximum absolute atomic E-state index is 13.6. The monoisotopic (exact) mass is 212 g/mol. The summed E-state index contributed by atoms with van der Waals surface area (Å²) < 4.78 is 24.0. The van der Waals surface area contributed by atoms with Crippen molar-refractivity contribution >= 4 is 0 Å². The number of ether oxygens (including phenoxy) is 2. The molecule has 0 aliphatic carbocycles. The summed E-state index contributed by atoms with van der Waals surface area (Å²) in [7, 11) is 0. The Morgan fingerprint density at radius 1 is 1.33 bits per heavy atom. The molecule has 0 amide bonds. The van der Waals surface area contributed by atoms with Gasteiger partial charge in [0.1, 0.15) is 5.82 Å². The van der Waals surface area contributed by atoms with Crippen molar-refractivity contribution in [3.8, 4) is 0 Å². The molecule has 1 aliphatic heterocycles. The first kappa shape index (κ1) is 10.5. The number of hydrogen-bond acceptors (Lipinski definition) is 3. The number of aliphatic hydroxyl groups excluding tert-OH is 1. The zero-order valence-electron chi connectivity index (χ0n) is 8.28. The number of rotatable bonds is 3. The minimum Gasteiger partial charge on any atom is -0.396 e. The fraction of sp³-hybridized carbons (Fsp3) is 0.455. The summed E-state index contributed by atoms with van der Waals surface area (Å²) in [5.74, 6) is -0.340. The first-order valence-corrected chi connectivity index (χ1v) is 4.93. The van der Waals surface area contributed by atoms with Gasteiger partial charge in [0.15, 0.2) is 6.29 Å². The van der Waals surface area contributed by atoms with E-state index in [1.54, 1.807) is 12.1 Å². The van der Waals surface area contributed by atoms with Gasteiger partial charge in [-0.1, -0.05) is 12.1 Å². The molecular weight excluding hydrogens is 199 g/mol. The minimum atomic E-state index is -0.576. The Hall–Kier alpha value is -0.970. The van der Waals surface area contributed by atoms with Crippen molar-refractivity contribution in [2.24, 2.45) is 0 Å². The van der Waals surface area contributed by atoms with Crippen LogP contribution in [0.2, 0.25) is 0 Å². The molecule has 0 radical (unpaired) electrons. The van der Waals surface area contributed by atoms with E-state index in [0.717, 1.165) is 5.56 Å². The van der Waals surface area contributed by atoms with Gasteiger partial charge in [-0.05, 0) is 18.1 Å². The molecule has 15 heavy (non-hydrogen) atoms. The van der Waals surface area contributed by atoms with Crippen molar-refractivity contribution in [2.45, 2.75) is 12.7 Å². The zero-order chi connectivity index (χ0) is 10.7. The second-order valence-electron chi connectivity index (χ2n) is 3.40. The molecule has 82 valence electrons. The van der Waals surface area contributed by atoms with Gasteiger partial charge in [0.25, 0.3) is 0 Å². The SMILES string of the molecule is OCCc1ccc(C2OCCO2)c(F)c1. The van der Waals surface area contributed by atoms with E-state index in [-0.39, 0.29) is 12.4 Å². The van der Waals surface area contributed by atoms with Crippen LogP contribution in [0.1, 0.15) is 17.4 Å². The Morgan fingerprint density at radius 3 is 2.67 bits per heavy atom. The summed E-state index contributed by atoms with van der Waals surface area (Å²) in [6, 6.07) is 4.84. The molecule has 0 saturated carbocycles. The average molecular weight is 212 g/mol. The predicted octanol–water partition coefficient (Wildman–Crippen LogP) is 1.41. The first-order chi connectivity index (χ1) is 7.31. The van der Waals surface area contributed by atoms with Crippen LogP contribution in [0.3, 0.4) is 0 Å². The molecule has 0 unspecified atom stereocenters. The molecule has 0 aromatic heterocycles. The first-order valence-electron chi connectivity index (χ1n) is 4.93. The summed E-state index contributed by atoms with van der Waals surface area (Å²) >= 11 is 0. The molecule has 1 saturated heterocycles. The standard InChI is InChI=1S/C11H13FO3/c12-10-7-8(3-4-13)1-2-9(10)11-14-5-6-15-11/h1-2,7,11,13H,3-6H2. The molecule has 0 atom stereocenters. The van der Waals surface area contributed by atoms with Crippen LogP contribution in [0.15, 0.2) is 18.2 Å². The zero-order valence-corrected chi connectivity index (χ0v) is 8.28. The molecule has 2 rings (SSSR count). The lowest BCUT2D eigenvalue weighted by atomic mass is 10.1. The number of aliphatic hydroxyl groups is 1. The molecule has 1 aliphatic rings. The van der Waals surface area contributed by atoms with Gasteiger partial charge in [0.2, 0.25) is 0 Å². The maximum Gasteiger partial charge on any atom is 0.186 e. The van der Waals surface area contributed by atoms with Crippen LogP contribution in [-0.2, 0) is 15.9 Å². The lowest BCUT2D eigenvalue weighted by Gasteiger charge is -2.11. The summed E-state index contributed by atoms with van der Waals surface area (Å²) in [6.45, 7) is 1.03. The average Bonchev–Trinajstić information content (AvgIpc) is 2.71. The van der Waals surface area contributed by atoms with Crippen LogP contribution >= 0.6 is 0 Å². The van der Waals surface area contributed by atoms with Crippen molar-refractivity contribution in [3.05, 3.63) is 35.1 Å². The Labute approximate surface area is 87.4 Å². The second-order valence-corrected chi connectivity index (χ2v) is 3.40. The Kier molecular flexibility index (Phi) is 3.30. The van der Waals surface area contributed by atoms with Gasteiger partial charge in [0.05, 0.1) is 13.2 Å². The van der Waals surface area contributed by atoms with Gasteiger partial charge in [-0.2, -0.15) is 0 Å². The third kappa shape index (κ3) is 2.34. The number of halogens is 1. The highest BCUT2D eigenvalue weighted by Crippen LogP contribution is 2.26. The highest BCUT2D eigenvalue weighted by molar-refractivity contribution is 5.25. The minimum absolute atomic E-state index is 0.0230. The van der Waals surface area contributed by atoms with Crippen LogP contribution in [0.4, 0.5) is 4.39 Å². The lowest BCUT2D eigenvalue weighted by Crippen LogP contribution is -2.02. The van der Waals surface area contributed by atoms with Gasteiger partial charge >= 0.3 is 0 Å². The Bertz CT molecular complexity index is 335. The summed E-state index contributed by atoms with van der Waals surface area (Å²) in [4.78, 5) is 0. The number of hydrogen-bond donors (Lipinski definition) is 1. The van der Waals surface area contributed by atoms with E-state index in [0.29, 0.717) is 25.2 Å². The van der Waals surface area contributed by atoms with E-state index in [9.17, 15) is 4.39 Å². The van der Waals surface area contributed by atoms with Crippen molar-refractivity contribution in [2.75, 3.05) is 19.8 Å². The molecule has 1 aromatic rings. The van der Waals surface area contributed by atoms with E-state index in [1.165, 1.54) is 6.07 Å². The molecule has 1 aromatic carbocycles. The topological polar surface area (TPSA) is 38.7 Å². The van der Waals surface area contributed by atoms with Crippen molar-refractivity contribution in [3.63, 3.8) is 0 Å². The molecule has 0 spiro atoms. The third-order valence-electron chi connectivity index (χ3n) is 2.34. The van der Waals surface area contributed by atoms with Crippen LogP contribution in [0, 0.1) is 5.82 Å². The maximum atomic E-state index is 13.6. The summed E-state index contributed by atoms with van der Waals surface area (Å²) in [5, 5.41) is 8.72. The number of benzene rings is 1. The van der Waals surface area contributed by atoms with E-state index >= 15 is 0 Å². The van der Waals surface area contributed by atoms with E-state index in [1.807, 2.05) is 0 Å². The van der Waals surface area contributed by atoms with E-state index < -0.39 is 6.29 Å². The van der Waals surface area contributed by atoms with Crippen LogP contribution < -0.4 is 0 Å². The second kappa shape index (κ2) is 4.70. The smallest absolute Gasteiger partial charge is 0.186 e.